The normalized spacial score (nSPS) is 14.5. The van der Waals surface area contributed by atoms with Crippen molar-refractivity contribution in [2.45, 2.75) is 78.1 Å². The summed E-state index contributed by atoms with van der Waals surface area (Å²) in [5.41, 5.74) is 4.34. The molecule has 2 heterocycles. The van der Waals surface area contributed by atoms with E-state index in [-0.39, 0.29) is 5.97 Å². The van der Waals surface area contributed by atoms with Gasteiger partial charge in [-0.15, -0.1) is 5.10 Å². The number of aryl methyl sites for hydroxylation is 1. The summed E-state index contributed by atoms with van der Waals surface area (Å²) in [5, 5.41) is 8.78. The quantitative estimate of drug-likeness (QED) is 0.126. The van der Waals surface area contributed by atoms with Gasteiger partial charge in [-0.2, -0.15) is 4.98 Å². The van der Waals surface area contributed by atoms with Crippen LogP contribution in [0.25, 0.3) is 0 Å². The molecule has 40 heavy (non-hydrogen) atoms. The van der Waals surface area contributed by atoms with Gasteiger partial charge < -0.3 is 19.5 Å². The second kappa shape index (κ2) is 14.3. The van der Waals surface area contributed by atoms with Gasteiger partial charge in [0.1, 0.15) is 12.6 Å². The molecule has 8 nitrogen and oxygen atoms in total. The first-order chi connectivity index (χ1) is 19.5. The lowest BCUT2D eigenvalue weighted by molar-refractivity contribution is -0.139. The summed E-state index contributed by atoms with van der Waals surface area (Å²) in [7, 11) is 0. The van der Waals surface area contributed by atoms with E-state index in [0.29, 0.717) is 53.7 Å². The highest BCUT2D eigenvalue weighted by Gasteiger charge is 2.35. The largest absolute Gasteiger partial charge is 0.490 e. The van der Waals surface area contributed by atoms with Crippen molar-refractivity contribution in [2.75, 3.05) is 24.3 Å². The van der Waals surface area contributed by atoms with Gasteiger partial charge >= 0.3 is 5.97 Å². The molecule has 0 amide bonds. The van der Waals surface area contributed by atoms with E-state index < -0.39 is 6.04 Å². The number of aromatic nitrogens is 3. The van der Waals surface area contributed by atoms with Crippen LogP contribution >= 0.6 is 11.8 Å². The maximum absolute atomic E-state index is 13.4. The number of thioether (sulfide) groups is 1. The van der Waals surface area contributed by atoms with Crippen LogP contribution in [-0.2, 0) is 16.1 Å². The fourth-order valence-corrected chi connectivity index (χ4v) is 5.38. The highest BCUT2D eigenvalue weighted by atomic mass is 32.2. The van der Waals surface area contributed by atoms with E-state index in [4.69, 9.17) is 24.3 Å². The van der Waals surface area contributed by atoms with Crippen molar-refractivity contribution in [3.63, 3.8) is 0 Å². The molecule has 3 aromatic rings. The van der Waals surface area contributed by atoms with Crippen molar-refractivity contribution in [3.8, 4) is 11.5 Å². The fourth-order valence-electron chi connectivity index (χ4n) is 4.47. The van der Waals surface area contributed by atoms with Crippen LogP contribution in [0.2, 0.25) is 0 Å². The molecule has 0 spiro atoms. The smallest absolute Gasteiger partial charge is 0.338 e. The average molecular weight is 565 g/mol. The third kappa shape index (κ3) is 6.99. The number of rotatable bonds is 14. The maximum Gasteiger partial charge on any atom is 0.338 e. The van der Waals surface area contributed by atoms with E-state index in [0.717, 1.165) is 42.6 Å². The average Bonchev–Trinajstić information content (AvgIpc) is 3.35. The minimum absolute atomic E-state index is 0.359. The summed E-state index contributed by atoms with van der Waals surface area (Å²) < 4.78 is 19.7. The molecule has 0 saturated carbocycles. The van der Waals surface area contributed by atoms with Gasteiger partial charge in [0.2, 0.25) is 11.1 Å². The third-order valence-corrected chi connectivity index (χ3v) is 7.66. The van der Waals surface area contributed by atoms with Crippen LogP contribution < -0.4 is 14.8 Å². The van der Waals surface area contributed by atoms with Gasteiger partial charge in [0.05, 0.1) is 18.8 Å². The highest BCUT2D eigenvalue weighted by Crippen LogP contribution is 2.40. The number of anilines is 1. The van der Waals surface area contributed by atoms with Gasteiger partial charge in [-0.25, -0.2) is 9.48 Å². The lowest BCUT2D eigenvalue weighted by atomic mass is 9.95. The molecule has 4 rings (SSSR count). The number of benzene rings is 2. The van der Waals surface area contributed by atoms with Crippen LogP contribution in [0.5, 0.6) is 11.5 Å². The number of allylic oxidation sites excluding steroid dienone is 1. The Morgan fingerprint density at radius 2 is 1.82 bits per heavy atom. The van der Waals surface area contributed by atoms with Crippen LogP contribution in [0.3, 0.4) is 0 Å². The summed E-state index contributed by atoms with van der Waals surface area (Å²) in [4.78, 5) is 18.1. The Bertz CT molecular complexity index is 1340. The molecule has 1 aliphatic heterocycles. The molecule has 214 valence electrons. The molecule has 9 heteroatoms. The zero-order valence-corrected chi connectivity index (χ0v) is 25.0. The fraction of sp³-hybridized carbons (Fsp3) is 0.452. The second-order valence-electron chi connectivity index (χ2n) is 9.77. The number of nitrogens with one attached hydrogen (secondary N) is 1. The number of unbranched alkanes of at least 4 members (excludes halogenated alkanes) is 2. The number of fused-ring (bicyclic) bond motifs is 1. The zero-order valence-electron chi connectivity index (χ0n) is 24.2. The Kier molecular flexibility index (Phi) is 10.5. The number of carbonyl (C=O) groups excluding carboxylic acids is 1. The van der Waals surface area contributed by atoms with Crippen molar-refractivity contribution in [2.24, 2.45) is 0 Å². The first-order valence-corrected chi connectivity index (χ1v) is 15.1. The monoisotopic (exact) mass is 564 g/mol. The number of carbonyl (C=O) groups is 1. The molecule has 2 aromatic carbocycles. The Hall–Kier alpha value is -3.46. The highest BCUT2D eigenvalue weighted by molar-refractivity contribution is 7.99. The molecule has 1 aromatic heterocycles. The molecular formula is C31H40N4O4S. The molecule has 1 atom stereocenters. The molecule has 1 N–H and O–H groups in total. The number of nitrogens with zero attached hydrogens (tertiary/aromatic N) is 3. The van der Waals surface area contributed by atoms with Crippen LogP contribution in [-0.4, -0.2) is 39.7 Å². The molecule has 1 unspecified atom stereocenters. The van der Waals surface area contributed by atoms with Crippen molar-refractivity contribution in [1.29, 1.82) is 0 Å². The predicted octanol–water partition coefficient (Wildman–Crippen LogP) is 7.09. The molecular weight excluding hydrogens is 524 g/mol. The van der Waals surface area contributed by atoms with E-state index in [1.165, 1.54) is 5.56 Å². The SMILES string of the molecule is CCCCOC(=O)C1=C(C)Nc2nc(SCCCC)nn2C1c1ccc(OCc2ccccc2C)c(OCC)c1. The van der Waals surface area contributed by atoms with Gasteiger partial charge in [-0.1, -0.05) is 68.8 Å². The lowest BCUT2D eigenvalue weighted by Crippen LogP contribution is -2.30. The van der Waals surface area contributed by atoms with Crippen LogP contribution in [0.1, 0.15) is 76.1 Å². The van der Waals surface area contributed by atoms with E-state index in [1.54, 1.807) is 16.4 Å². The van der Waals surface area contributed by atoms with Gasteiger partial charge in [0.25, 0.3) is 0 Å². The summed E-state index contributed by atoms with van der Waals surface area (Å²) in [5.74, 6) is 2.43. The Labute approximate surface area is 241 Å². The molecule has 0 fully saturated rings. The third-order valence-electron chi connectivity index (χ3n) is 6.74. The van der Waals surface area contributed by atoms with Crippen LogP contribution in [0.4, 0.5) is 5.95 Å². The van der Waals surface area contributed by atoms with E-state index in [2.05, 4.69) is 38.2 Å². The van der Waals surface area contributed by atoms with Gasteiger partial charge in [0.15, 0.2) is 11.5 Å². The standard InChI is InChI=1S/C31H40N4O4S/c1-6-9-17-38-29(36)27-22(5)32-30-33-31(40-18-10-7-2)34-35(30)28(27)23-15-16-25(26(19-23)37-8-3)39-20-24-14-12-11-13-21(24)4/h11-16,19,28H,6-10,17-18,20H2,1-5H3,(H,32,33,34). The summed E-state index contributed by atoms with van der Waals surface area (Å²) in [6.45, 7) is 11.4. The first-order valence-electron chi connectivity index (χ1n) is 14.1. The van der Waals surface area contributed by atoms with Gasteiger partial charge in [-0.05, 0) is 62.4 Å². The predicted molar refractivity (Wildman–Crippen MR) is 159 cm³/mol. The van der Waals surface area contributed by atoms with Gasteiger partial charge in [-0.3, -0.25) is 0 Å². The van der Waals surface area contributed by atoms with Gasteiger partial charge in [0, 0.05) is 11.4 Å². The number of esters is 1. The molecule has 0 bridgehead atoms. The first kappa shape index (κ1) is 29.5. The Balaban J connectivity index is 1.70. The maximum atomic E-state index is 13.4. The number of hydrogen-bond donors (Lipinski definition) is 1. The summed E-state index contributed by atoms with van der Waals surface area (Å²) in [6, 6.07) is 13.4. The minimum Gasteiger partial charge on any atom is -0.490 e. The Morgan fingerprint density at radius 1 is 1.02 bits per heavy atom. The number of hydrogen-bond acceptors (Lipinski definition) is 8. The lowest BCUT2D eigenvalue weighted by Gasteiger charge is -2.28. The minimum atomic E-state index is -0.525. The van der Waals surface area contributed by atoms with Crippen molar-refractivity contribution < 1.29 is 19.0 Å². The topological polar surface area (TPSA) is 87.5 Å². The zero-order chi connectivity index (χ0) is 28.5. The Morgan fingerprint density at radius 3 is 2.58 bits per heavy atom. The summed E-state index contributed by atoms with van der Waals surface area (Å²) >= 11 is 1.62. The van der Waals surface area contributed by atoms with E-state index >= 15 is 0 Å². The van der Waals surface area contributed by atoms with E-state index in [1.807, 2.05) is 44.2 Å². The van der Waals surface area contributed by atoms with E-state index in [9.17, 15) is 4.79 Å². The molecule has 0 saturated heterocycles. The van der Waals surface area contributed by atoms with Crippen LogP contribution in [0, 0.1) is 6.92 Å². The second-order valence-corrected chi connectivity index (χ2v) is 10.8. The molecule has 0 radical (unpaired) electrons. The van der Waals surface area contributed by atoms with Crippen molar-refractivity contribution >= 4 is 23.7 Å². The molecule has 1 aliphatic rings. The van der Waals surface area contributed by atoms with Crippen molar-refractivity contribution in [3.05, 3.63) is 70.4 Å². The van der Waals surface area contributed by atoms with Crippen molar-refractivity contribution in [1.82, 2.24) is 14.8 Å². The molecule has 0 aliphatic carbocycles. The summed E-state index contributed by atoms with van der Waals surface area (Å²) in [6.07, 6.45) is 3.94. The number of ether oxygens (including phenoxy) is 3. The van der Waals surface area contributed by atoms with Crippen LogP contribution in [0.15, 0.2) is 58.9 Å².